The molecule has 0 N–H and O–H groups in total. The van der Waals surface area contributed by atoms with Gasteiger partial charge in [-0.2, -0.15) is 4.98 Å². The van der Waals surface area contributed by atoms with Gasteiger partial charge in [0.05, 0.1) is 18.4 Å². The molecule has 7 heteroatoms. The first-order valence-electron chi connectivity index (χ1n) is 8.55. The highest BCUT2D eigenvalue weighted by Crippen LogP contribution is 2.30. The van der Waals surface area contributed by atoms with E-state index in [0.29, 0.717) is 28.2 Å². The fourth-order valence-electron chi connectivity index (χ4n) is 2.63. The first kappa shape index (κ1) is 18.0. The molecule has 4 rings (SSSR count). The monoisotopic (exact) mass is 393 g/mol. The number of aromatic nitrogens is 3. The second kappa shape index (κ2) is 8.10. The van der Waals surface area contributed by atoms with Gasteiger partial charge in [0.2, 0.25) is 11.7 Å². The molecule has 28 heavy (non-hydrogen) atoms. The number of ether oxygens (including phenoxy) is 2. The maximum atomic E-state index is 5.95. The van der Waals surface area contributed by atoms with Crippen LogP contribution < -0.4 is 9.47 Å². The molecule has 0 spiro atoms. The van der Waals surface area contributed by atoms with E-state index in [0.717, 1.165) is 17.0 Å². The Morgan fingerprint density at radius 1 is 0.929 bits per heavy atom. The minimum Gasteiger partial charge on any atom is -0.484 e. The third-order valence-corrected chi connectivity index (χ3v) is 4.26. The highest BCUT2D eigenvalue weighted by molar-refractivity contribution is 6.30. The zero-order valence-corrected chi connectivity index (χ0v) is 15.8. The lowest BCUT2D eigenvalue weighted by Gasteiger charge is -2.07. The molecule has 0 saturated heterocycles. The van der Waals surface area contributed by atoms with E-state index < -0.39 is 0 Å². The molecule has 4 aromatic rings. The highest BCUT2D eigenvalue weighted by Gasteiger charge is 2.16. The molecule has 0 aliphatic carbocycles. The molecule has 0 bridgehead atoms. The van der Waals surface area contributed by atoms with Gasteiger partial charge in [-0.3, -0.25) is 0 Å². The summed E-state index contributed by atoms with van der Waals surface area (Å²) in [6.45, 7) is 0.176. The third kappa shape index (κ3) is 3.97. The Bertz CT molecular complexity index is 1070. The Balaban J connectivity index is 1.55. The van der Waals surface area contributed by atoms with E-state index in [1.807, 2.05) is 66.7 Å². The lowest BCUT2D eigenvalue weighted by atomic mass is 10.1. The molecular formula is C21H16ClN3O3. The average Bonchev–Trinajstić information content (AvgIpc) is 3.22. The largest absolute Gasteiger partial charge is 0.484 e. The molecule has 2 aromatic heterocycles. The number of nitrogens with zero attached hydrogens (tertiary/aromatic N) is 3. The summed E-state index contributed by atoms with van der Waals surface area (Å²) in [5.41, 5.74) is 2.32. The van der Waals surface area contributed by atoms with Crippen molar-refractivity contribution < 1.29 is 14.0 Å². The Hall–Kier alpha value is -3.38. The van der Waals surface area contributed by atoms with Crippen LogP contribution >= 0.6 is 11.6 Å². The van der Waals surface area contributed by atoms with Crippen LogP contribution in [0.2, 0.25) is 5.02 Å². The van der Waals surface area contributed by atoms with Gasteiger partial charge in [0.15, 0.2) is 6.61 Å². The van der Waals surface area contributed by atoms with Gasteiger partial charge in [-0.05, 0) is 36.4 Å². The fraction of sp³-hybridized carbons (Fsp3) is 0.0952. The van der Waals surface area contributed by atoms with Crippen LogP contribution in [0.5, 0.6) is 11.6 Å². The van der Waals surface area contributed by atoms with Crippen LogP contribution in [-0.4, -0.2) is 22.2 Å². The number of para-hydroxylation sites is 1. The topological polar surface area (TPSA) is 70.3 Å². The van der Waals surface area contributed by atoms with Gasteiger partial charge in [0, 0.05) is 10.6 Å². The Morgan fingerprint density at radius 3 is 2.46 bits per heavy atom. The highest BCUT2D eigenvalue weighted by atomic mass is 35.5. The van der Waals surface area contributed by atoms with Crippen molar-refractivity contribution in [3.8, 4) is 34.3 Å². The molecule has 2 aromatic carbocycles. The number of halogens is 1. The van der Waals surface area contributed by atoms with Crippen LogP contribution in [0.1, 0.15) is 5.89 Å². The molecule has 0 radical (unpaired) electrons. The zero-order valence-electron chi connectivity index (χ0n) is 15.0. The standard InChI is InChI=1S/C21H16ClN3O3/c1-26-21-17(11-12-18(23-21)14-7-9-15(22)10-8-14)20-24-19(28-25-20)13-27-16-5-3-2-4-6-16/h2-12H,13H2,1H3. The molecule has 0 unspecified atom stereocenters. The van der Waals surface area contributed by atoms with Crippen molar-refractivity contribution in [3.05, 3.63) is 77.6 Å². The van der Waals surface area contributed by atoms with Crippen LogP contribution in [-0.2, 0) is 6.61 Å². The van der Waals surface area contributed by atoms with E-state index in [1.54, 1.807) is 7.11 Å². The Kier molecular flexibility index (Phi) is 5.21. The molecule has 6 nitrogen and oxygen atoms in total. The smallest absolute Gasteiger partial charge is 0.264 e. The molecule has 0 aliphatic heterocycles. The molecule has 0 atom stereocenters. The maximum absolute atomic E-state index is 5.95. The summed E-state index contributed by atoms with van der Waals surface area (Å²) in [7, 11) is 1.55. The number of methoxy groups -OCH3 is 1. The van der Waals surface area contributed by atoms with Crippen molar-refractivity contribution in [1.29, 1.82) is 0 Å². The van der Waals surface area contributed by atoms with Crippen LogP contribution in [0, 0.1) is 0 Å². The van der Waals surface area contributed by atoms with E-state index in [2.05, 4.69) is 15.1 Å². The summed E-state index contributed by atoms with van der Waals surface area (Å²) in [5.74, 6) is 1.89. The lowest BCUT2D eigenvalue weighted by molar-refractivity contribution is 0.243. The molecule has 0 aliphatic rings. The second-order valence-electron chi connectivity index (χ2n) is 5.87. The van der Waals surface area contributed by atoms with Crippen molar-refractivity contribution in [1.82, 2.24) is 15.1 Å². The summed E-state index contributed by atoms with van der Waals surface area (Å²) in [5, 5.41) is 4.69. The number of pyridine rings is 1. The van der Waals surface area contributed by atoms with E-state index in [9.17, 15) is 0 Å². The molecule has 140 valence electrons. The number of hydrogen-bond donors (Lipinski definition) is 0. The van der Waals surface area contributed by atoms with E-state index in [-0.39, 0.29) is 6.61 Å². The van der Waals surface area contributed by atoms with Crippen LogP contribution in [0.3, 0.4) is 0 Å². The van der Waals surface area contributed by atoms with Crippen LogP contribution in [0.15, 0.2) is 71.3 Å². The van der Waals surface area contributed by atoms with Crippen molar-refractivity contribution in [2.75, 3.05) is 7.11 Å². The molecule has 0 fully saturated rings. The van der Waals surface area contributed by atoms with Crippen LogP contribution in [0.25, 0.3) is 22.6 Å². The van der Waals surface area contributed by atoms with Gasteiger partial charge in [-0.1, -0.05) is 47.1 Å². The summed E-state index contributed by atoms with van der Waals surface area (Å²) in [6, 6.07) is 20.6. The number of benzene rings is 2. The zero-order chi connectivity index (χ0) is 19.3. The Labute approximate surface area is 166 Å². The van der Waals surface area contributed by atoms with Crippen molar-refractivity contribution in [2.24, 2.45) is 0 Å². The summed E-state index contributed by atoms with van der Waals surface area (Å²) in [4.78, 5) is 8.93. The van der Waals surface area contributed by atoms with Crippen molar-refractivity contribution in [3.63, 3.8) is 0 Å². The van der Waals surface area contributed by atoms with Gasteiger partial charge < -0.3 is 14.0 Å². The van der Waals surface area contributed by atoms with Crippen molar-refractivity contribution >= 4 is 11.6 Å². The molecule has 0 saturated carbocycles. The van der Waals surface area contributed by atoms with Gasteiger partial charge in [-0.15, -0.1) is 0 Å². The summed E-state index contributed by atoms with van der Waals surface area (Å²) in [6.07, 6.45) is 0. The van der Waals surface area contributed by atoms with Gasteiger partial charge >= 0.3 is 0 Å². The van der Waals surface area contributed by atoms with E-state index in [1.165, 1.54) is 0 Å². The second-order valence-corrected chi connectivity index (χ2v) is 6.31. The average molecular weight is 394 g/mol. The number of hydrogen-bond acceptors (Lipinski definition) is 6. The molecule has 0 amide bonds. The van der Waals surface area contributed by atoms with Gasteiger partial charge in [0.1, 0.15) is 5.75 Å². The minimum atomic E-state index is 0.176. The quantitative estimate of drug-likeness (QED) is 0.457. The van der Waals surface area contributed by atoms with Crippen molar-refractivity contribution in [2.45, 2.75) is 6.61 Å². The van der Waals surface area contributed by atoms with Crippen LogP contribution in [0.4, 0.5) is 0 Å². The Morgan fingerprint density at radius 2 is 1.71 bits per heavy atom. The SMILES string of the molecule is COc1nc(-c2ccc(Cl)cc2)ccc1-c1noc(COc2ccccc2)n1. The normalized spacial score (nSPS) is 10.6. The third-order valence-electron chi connectivity index (χ3n) is 4.01. The summed E-state index contributed by atoms with van der Waals surface area (Å²) < 4.78 is 16.3. The number of rotatable bonds is 6. The first-order chi connectivity index (χ1) is 13.7. The molecular weight excluding hydrogens is 378 g/mol. The lowest BCUT2D eigenvalue weighted by Crippen LogP contribution is -1.97. The minimum absolute atomic E-state index is 0.176. The molecule has 2 heterocycles. The fourth-order valence-corrected chi connectivity index (χ4v) is 2.76. The van der Waals surface area contributed by atoms with E-state index >= 15 is 0 Å². The van der Waals surface area contributed by atoms with E-state index in [4.69, 9.17) is 25.6 Å². The maximum Gasteiger partial charge on any atom is 0.264 e. The first-order valence-corrected chi connectivity index (χ1v) is 8.92. The summed E-state index contributed by atoms with van der Waals surface area (Å²) >= 11 is 5.95. The predicted molar refractivity (Wildman–Crippen MR) is 105 cm³/mol. The van der Waals surface area contributed by atoms with Gasteiger partial charge in [-0.25, -0.2) is 4.98 Å². The van der Waals surface area contributed by atoms with Gasteiger partial charge in [0.25, 0.3) is 5.89 Å². The predicted octanol–water partition coefficient (Wildman–Crippen LogP) is 5.04.